The molecule has 2 amide bonds. The summed E-state index contributed by atoms with van der Waals surface area (Å²) in [5.41, 5.74) is 1.72. The fourth-order valence-corrected chi connectivity index (χ4v) is 2.17. The summed E-state index contributed by atoms with van der Waals surface area (Å²) < 4.78 is 10.6. The summed E-state index contributed by atoms with van der Waals surface area (Å²) in [6.45, 7) is 2.57. The zero-order valence-corrected chi connectivity index (χ0v) is 14.4. The molecule has 0 saturated heterocycles. The molecule has 0 aliphatic heterocycles. The van der Waals surface area contributed by atoms with Crippen LogP contribution in [0.5, 0.6) is 11.5 Å². The summed E-state index contributed by atoms with van der Waals surface area (Å²) in [6.07, 6.45) is -0.226. The number of carbonyl (C=O) groups is 2. The highest BCUT2D eigenvalue weighted by Gasteiger charge is 2.09. The van der Waals surface area contributed by atoms with Crippen molar-refractivity contribution in [2.45, 2.75) is 13.3 Å². The molecule has 0 unspecified atom stereocenters. The molecule has 0 aliphatic carbocycles. The molecule has 2 N–H and O–H groups in total. The van der Waals surface area contributed by atoms with E-state index in [1.165, 1.54) is 0 Å². The molecular weight excluding hydrogens is 320 g/mol. The number of benzene rings is 2. The quantitative estimate of drug-likeness (QED) is 0.571. The van der Waals surface area contributed by atoms with E-state index in [0.29, 0.717) is 24.6 Å². The summed E-state index contributed by atoms with van der Waals surface area (Å²) in [4.78, 5) is 23.6. The molecule has 132 valence electrons. The van der Waals surface area contributed by atoms with Crippen LogP contribution in [0.4, 0.5) is 5.69 Å². The molecule has 6 heteroatoms. The third-order valence-corrected chi connectivity index (χ3v) is 3.38. The van der Waals surface area contributed by atoms with Gasteiger partial charge in [0.25, 0.3) is 0 Å². The molecule has 2 aromatic carbocycles. The number of carbonyl (C=O) groups excluding carboxylic acids is 2. The van der Waals surface area contributed by atoms with Crippen molar-refractivity contribution in [2.75, 3.05) is 25.6 Å². The predicted molar refractivity (Wildman–Crippen MR) is 95.9 cm³/mol. The van der Waals surface area contributed by atoms with Crippen molar-refractivity contribution in [1.29, 1.82) is 0 Å². The van der Waals surface area contributed by atoms with E-state index in [1.807, 2.05) is 25.1 Å². The van der Waals surface area contributed by atoms with E-state index < -0.39 is 0 Å². The van der Waals surface area contributed by atoms with Gasteiger partial charge in [-0.1, -0.05) is 12.1 Å². The number of nitrogens with one attached hydrogen (secondary N) is 2. The van der Waals surface area contributed by atoms with Gasteiger partial charge in [0.2, 0.25) is 11.8 Å². The molecule has 0 aromatic heterocycles. The van der Waals surface area contributed by atoms with Crippen LogP contribution in [0.25, 0.3) is 0 Å². The van der Waals surface area contributed by atoms with E-state index in [2.05, 4.69) is 10.6 Å². The van der Waals surface area contributed by atoms with Gasteiger partial charge in [0.05, 0.1) is 13.7 Å². The standard InChI is InChI=1S/C19H22N2O4/c1-14-4-3-5-15(12-14)21-19(23)13-18(22)20-10-11-25-17-8-6-16(24-2)7-9-17/h3-9,12H,10-11,13H2,1-2H3,(H,20,22)(H,21,23). The van der Waals surface area contributed by atoms with Crippen molar-refractivity contribution < 1.29 is 19.1 Å². The lowest BCUT2D eigenvalue weighted by Crippen LogP contribution is -2.31. The Hall–Kier alpha value is -3.02. The molecular formula is C19H22N2O4. The maximum absolute atomic E-state index is 11.8. The van der Waals surface area contributed by atoms with Gasteiger partial charge in [-0.25, -0.2) is 0 Å². The van der Waals surface area contributed by atoms with Crippen LogP contribution in [0.1, 0.15) is 12.0 Å². The van der Waals surface area contributed by atoms with Crippen molar-refractivity contribution in [1.82, 2.24) is 5.32 Å². The zero-order valence-electron chi connectivity index (χ0n) is 14.4. The van der Waals surface area contributed by atoms with Gasteiger partial charge in [-0.05, 0) is 48.9 Å². The van der Waals surface area contributed by atoms with Gasteiger partial charge in [-0.2, -0.15) is 0 Å². The van der Waals surface area contributed by atoms with Crippen LogP contribution in [-0.2, 0) is 9.59 Å². The van der Waals surface area contributed by atoms with Crippen LogP contribution in [0, 0.1) is 6.92 Å². The summed E-state index contributed by atoms with van der Waals surface area (Å²) in [5, 5.41) is 5.35. The van der Waals surface area contributed by atoms with Crippen molar-refractivity contribution in [3.05, 3.63) is 54.1 Å². The molecule has 0 radical (unpaired) electrons. The van der Waals surface area contributed by atoms with Crippen LogP contribution in [0.15, 0.2) is 48.5 Å². The molecule has 6 nitrogen and oxygen atoms in total. The average molecular weight is 342 g/mol. The maximum atomic E-state index is 11.8. The first kappa shape index (κ1) is 18.3. The second kappa shape index (κ2) is 9.32. The minimum absolute atomic E-state index is 0.226. The Morgan fingerprint density at radius 1 is 1.00 bits per heavy atom. The number of anilines is 1. The molecule has 0 fully saturated rings. The van der Waals surface area contributed by atoms with Crippen LogP contribution in [0.2, 0.25) is 0 Å². The summed E-state index contributed by atoms with van der Waals surface area (Å²) >= 11 is 0. The molecule has 0 atom stereocenters. The number of amides is 2. The van der Waals surface area contributed by atoms with Gasteiger partial charge >= 0.3 is 0 Å². The molecule has 0 aliphatic rings. The number of hydrogen-bond acceptors (Lipinski definition) is 4. The Morgan fingerprint density at radius 2 is 1.72 bits per heavy atom. The lowest BCUT2D eigenvalue weighted by atomic mass is 10.2. The Morgan fingerprint density at radius 3 is 2.40 bits per heavy atom. The highest BCUT2D eigenvalue weighted by molar-refractivity contribution is 6.03. The summed E-state index contributed by atoms with van der Waals surface area (Å²) in [7, 11) is 1.60. The first-order chi connectivity index (χ1) is 12.1. The number of hydrogen-bond donors (Lipinski definition) is 2. The average Bonchev–Trinajstić information content (AvgIpc) is 2.59. The van der Waals surface area contributed by atoms with E-state index in [4.69, 9.17) is 9.47 Å². The van der Waals surface area contributed by atoms with Gasteiger partial charge in [0.15, 0.2) is 0 Å². The van der Waals surface area contributed by atoms with Crippen molar-refractivity contribution in [3.63, 3.8) is 0 Å². The number of ether oxygens (including phenoxy) is 2. The SMILES string of the molecule is COc1ccc(OCCNC(=O)CC(=O)Nc2cccc(C)c2)cc1. The van der Waals surface area contributed by atoms with Gasteiger partial charge < -0.3 is 20.1 Å². The predicted octanol–water partition coefficient (Wildman–Crippen LogP) is 2.53. The number of methoxy groups -OCH3 is 1. The summed E-state index contributed by atoms with van der Waals surface area (Å²) in [6, 6.07) is 14.6. The normalized spacial score (nSPS) is 10.0. The smallest absolute Gasteiger partial charge is 0.233 e. The van der Waals surface area contributed by atoms with Gasteiger partial charge in [0.1, 0.15) is 24.5 Å². The Labute approximate surface area is 147 Å². The van der Waals surface area contributed by atoms with Crippen molar-refractivity contribution >= 4 is 17.5 Å². The van der Waals surface area contributed by atoms with Crippen LogP contribution in [-0.4, -0.2) is 32.1 Å². The van der Waals surface area contributed by atoms with Gasteiger partial charge in [-0.15, -0.1) is 0 Å². The molecule has 2 rings (SSSR count). The molecule has 2 aromatic rings. The van der Waals surface area contributed by atoms with Gasteiger partial charge in [-0.3, -0.25) is 9.59 Å². The molecule has 0 heterocycles. The lowest BCUT2D eigenvalue weighted by Gasteiger charge is -2.09. The monoisotopic (exact) mass is 342 g/mol. The molecule has 25 heavy (non-hydrogen) atoms. The summed E-state index contributed by atoms with van der Waals surface area (Å²) in [5.74, 6) is 0.746. The first-order valence-corrected chi connectivity index (χ1v) is 7.97. The fourth-order valence-electron chi connectivity index (χ4n) is 2.17. The largest absolute Gasteiger partial charge is 0.497 e. The second-order valence-corrected chi connectivity index (χ2v) is 5.47. The number of rotatable bonds is 8. The Bertz CT molecular complexity index is 714. The fraction of sp³-hybridized carbons (Fsp3) is 0.263. The highest BCUT2D eigenvalue weighted by Crippen LogP contribution is 2.16. The van der Waals surface area contributed by atoms with Gasteiger partial charge in [0, 0.05) is 5.69 Å². The zero-order chi connectivity index (χ0) is 18.1. The third kappa shape index (κ3) is 6.55. The minimum atomic E-state index is -0.348. The minimum Gasteiger partial charge on any atom is -0.497 e. The van der Waals surface area contributed by atoms with E-state index in [9.17, 15) is 9.59 Å². The Kier molecular flexibility index (Phi) is 6.83. The van der Waals surface area contributed by atoms with Crippen molar-refractivity contribution in [3.8, 4) is 11.5 Å². The molecule has 0 spiro atoms. The van der Waals surface area contributed by atoms with E-state index in [1.54, 1.807) is 37.4 Å². The van der Waals surface area contributed by atoms with Crippen LogP contribution >= 0.6 is 0 Å². The topological polar surface area (TPSA) is 76.7 Å². The van der Waals surface area contributed by atoms with Crippen LogP contribution in [0.3, 0.4) is 0 Å². The molecule has 0 bridgehead atoms. The van der Waals surface area contributed by atoms with E-state index >= 15 is 0 Å². The van der Waals surface area contributed by atoms with E-state index in [0.717, 1.165) is 11.3 Å². The molecule has 0 saturated carbocycles. The maximum Gasteiger partial charge on any atom is 0.233 e. The highest BCUT2D eigenvalue weighted by atomic mass is 16.5. The van der Waals surface area contributed by atoms with Crippen LogP contribution < -0.4 is 20.1 Å². The second-order valence-electron chi connectivity index (χ2n) is 5.47. The number of aryl methyl sites for hydroxylation is 1. The van der Waals surface area contributed by atoms with Crippen molar-refractivity contribution in [2.24, 2.45) is 0 Å². The third-order valence-electron chi connectivity index (χ3n) is 3.38. The Balaban J connectivity index is 1.65. The lowest BCUT2D eigenvalue weighted by molar-refractivity contribution is -0.126. The van der Waals surface area contributed by atoms with E-state index in [-0.39, 0.29) is 18.2 Å². The first-order valence-electron chi connectivity index (χ1n) is 7.97.